The monoisotopic (exact) mass is 149 g/mol. The summed E-state index contributed by atoms with van der Waals surface area (Å²) in [4.78, 5) is 0. The molecule has 0 fully saturated rings. The number of hydrogen-bond donors (Lipinski definition) is 1. The number of H-pyrrole nitrogens is 1. The highest BCUT2D eigenvalue weighted by molar-refractivity contribution is 5.16. The molecule has 0 spiro atoms. The Morgan fingerprint density at radius 1 is 1.50 bits per heavy atom. The van der Waals surface area contributed by atoms with Gasteiger partial charge >= 0.3 is 6.18 Å². The predicted molar refractivity (Wildman–Crippen MR) is 27.2 cm³/mol. The third-order valence-electron chi connectivity index (χ3n) is 1.05. The van der Waals surface area contributed by atoms with Crippen LogP contribution in [0, 0.1) is 13.1 Å². The van der Waals surface area contributed by atoms with Crippen LogP contribution >= 0.6 is 0 Å². The highest BCUT2D eigenvalue weighted by Gasteiger charge is 2.33. The summed E-state index contributed by atoms with van der Waals surface area (Å²) >= 11 is 0. The Kier molecular flexibility index (Phi) is 1.42. The molecule has 0 atom stereocenters. The van der Waals surface area contributed by atoms with Crippen molar-refractivity contribution in [3.8, 4) is 0 Å². The molecule has 0 aliphatic heterocycles. The van der Waals surface area contributed by atoms with Crippen LogP contribution in [0.25, 0.3) is 0 Å². The van der Waals surface area contributed by atoms with Crippen LogP contribution < -0.4 is 0 Å². The second-order valence-corrected chi connectivity index (χ2v) is 1.83. The Morgan fingerprint density at radius 2 is 2.10 bits per heavy atom. The topological polar surface area (TPSA) is 28.7 Å². The first-order chi connectivity index (χ1) is 4.52. The summed E-state index contributed by atoms with van der Waals surface area (Å²) in [5.41, 5.74) is -0.833. The standard InChI is InChI=1S/C5H4F3N2/c1-3-4(2-9-10-3)5(6,7)8/h1H3,(H,9,10). The molecular formula is C5H4F3N2. The van der Waals surface area contributed by atoms with Gasteiger partial charge in [-0.05, 0) is 6.92 Å². The van der Waals surface area contributed by atoms with Gasteiger partial charge in [0, 0.05) is 5.69 Å². The second-order valence-electron chi connectivity index (χ2n) is 1.83. The van der Waals surface area contributed by atoms with Crippen LogP contribution in [-0.2, 0) is 6.18 Å². The molecule has 5 heteroatoms. The van der Waals surface area contributed by atoms with Gasteiger partial charge in [-0.25, -0.2) is 0 Å². The quantitative estimate of drug-likeness (QED) is 0.595. The lowest BCUT2D eigenvalue weighted by molar-refractivity contribution is -0.138. The highest BCUT2D eigenvalue weighted by Crippen LogP contribution is 2.29. The molecule has 1 aromatic rings. The molecule has 0 amide bonds. The van der Waals surface area contributed by atoms with E-state index in [4.69, 9.17) is 0 Å². The van der Waals surface area contributed by atoms with Gasteiger partial charge < -0.3 is 0 Å². The van der Waals surface area contributed by atoms with E-state index < -0.39 is 11.7 Å². The van der Waals surface area contributed by atoms with Crippen molar-refractivity contribution in [1.29, 1.82) is 0 Å². The minimum atomic E-state index is -4.34. The van der Waals surface area contributed by atoms with Gasteiger partial charge in [-0.1, -0.05) is 0 Å². The van der Waals surface area contributed by atoms with Crippen LogP contribution in [0.5, 0.6) is 0 Å². The van der Waals surface area contributed by atoms with Crippen molar-refractivity contribution in [3.05, 3.63) is 17.5 Å². The van der Waals surface area contributed by atoms with Crippen molar-refractivity contribution in [2.75, 3.05) is 0 Å². The fourth-order valence-corrected chi connectivity index (χ4v) is 0.583. The number of alkyl halides is 3. The first-order valence-corrected chi connectivity index (χ1v) is 2.51. The number of rotatable bonds is 0. The number of aromatic amines is 1. The van der Waals surface area contributed by atoms with Crippen LogP contribution in [0.4, 0.5) is 13.2 Å². The summed E-state index contributed by atoms with van der Waals surface area (Å²) in [6, 6.07) is 0. The minimum Gasteiger partial charge on any atom is -0.282 e. The molecule has 55 valence electrons. The van der Waals surface area contributed by atoms with E-state index in [1.54, 1.807) is 0 Å². The summed E-state index contributed by atoms with van der Waals surface area (Å²) in [5, 5.41) is 5.27. The normalized spacial score (nSPS) is 12.0. The number of halogens is 3. The molecule has 1 aromatic heterocycles. The Hall–Kier alpha value is -1.00. The molecule has 2 nitrogen and oxygen atoms in total. The average molecular weight is 149 g/mol. The van der Waals surface area contributed by atoms with E-state index in [-0.39, 0.29) is 5.69 Å². The molecular weight excluding hydrogens is 145 g/mol. The Balaban J connectivity index is 3.05. The summed E-state index contributed by atoms with van der Waals surface area (Å²) in [5.74, 6) is 0. The molecule has 0 aromatic carbocycles. The molecule has 1 N–H and O–H groups in total. The van der Waals surface area contributed by atoms with Crippen LogP contribution in [-0.4, -0.2) is 10.2 Å². The van der Waals surface area contributed by atoms with Crippen LogP contribution in [0.15, 0.2) is 0 Å². The highest BCUT2D eigenvalue weighted by atomic mass is 19.4. The maximum Gasteiger partial charge on any atom is 0.420 e. The van der Waals surface area contributed by atoms with Crippen LogP contribution in [0.1, 0.15) is 11.3 Å². The van der Waals surface area contributed by atoms with Crippen molar-refractivity contribution in [2.45, 2.75) is 13.1 Å². The second kappa shape index (κ2) is 2.00. The van der Waals surface area contributed by atoms with E-state index in [1.165, 1.54) is 6.92 Å². The molecule has 1 radical (unpaired) electrons. The summed E-state index contributed by atoms with van der Waals surface area (Å²) in [6.07, 6.45) is -2.52. The first kappa shape index (κ1) is 7.11. The average Bonchev–Trinajstić information content (AvgIpc) is 2.11. The van der Waals surface area contributed by atoms with Crippen molar-refractivity contribution in [1.82, 2.24) is 10.2 Å². The molecule has 10 heavy (non-hydrogen) atoms. The molecule has 0 unspecified atom stereocenters. The third kappa shape index (κ3) is 1.12. The predicted octanol–water partition coefficient (Wildman–Crippen LogP) is 1.54. The van der Waals surface area contributed by atoms with E-state index in [0.29, 0.717) is 0 Å². The first-order valence-electron chi connectivity index (χ1n) is 2.51. The number of nitrogens with zero attached hydrogens (tertiary/aromatic N) is 1. The number of aromatic nitrogens is 2. The molecule has 0 saturated carbocycles. The fourth-order valence-electron chi connectivity index (χ4n) is 0.583. The van der Waals surface area contributed by atoms with Crippen LogP contribution in [0.3, 0.4) is 0 Å². The molecule has 0 bridgehead atoms. The molecule has 0 saturated heterocycles. The molecule has 1 heterocycles. The lowest BCUT2D eigenvalue weighted by Gasteiger charge is -2.01. The Bertz CT molecular complexity index is 225. The van der Waals surface area contributed by atoms with E-state index >= 15 is 0 Å². The summed E-state index contributed by atoms with van der Waals surface area (Å²) in [6.45, 7) is 1.30. The summed E-state index contributed by atoms with van der Waals surface area (Å²) < 4.78 is 35.4. The fraction of sp³-hybridized carbons (Fsp3) is 0.400. The van der Waals surface area contributed by atoms with Gasteiger partial charge in [-0.15, -0.1) is 0 Å². The van der Waals surface area contributed by atoms with Gasteiger partial charge in [-0.2, -0.15) is 18.3 Å². The summed E-state index contributed by atoms with van der Waals surface area (Å²) in [7, 11) is 0. The van der Waals surface area contributed by atoms with Crippen molar-refractivity contribution < 1.29 is 13.2 Å². The largest absolute Gasteiger partial charge is 0.420 e. The zero-order valence-electron chi connectivity index (χ0n) is 5.08. The van der Waals surface area contributed by atoms with Gasteiger partial charge in [0.05, 0.1) is 0 Å². The number of aryl methyl sites for hydroxylation is 1. The maximum absolute atomic E-state index is 11.8. The van der Waals surface area contributed by atoms with Gasteiger partial charge in [-0.3, -0.25) is 5.10 Å². The maximum atomic E-state index is 11.8. The molecule has 0 aliphatic carbocycles. The molecule has 0 aliphatic rings. The van der Waals surface area contributed by atoms with Crippen molar-refractivity contribution in [3.63, 3.8) is 0 Å². The van der Waals surface area contributed by atoms with Gasteiger partial charge in [0.2, 0.25) is 0 Å². The lowest BCUT2D eigenvalue weighted by atomic mass is 10.3. The SMILES string of the molecule is Cc1[nH]n[c]c1C(F)(F)F. The van der Waals surface area contributed by atoms with Gasteiger partial charge in [0.1, 0.15) is 11.8 Å². The van der Waals surface area contributed by atoms with Crippen molar-refractivity contribution in [2.24, 2.45) is 0 Å². The Morgan fingerprint density at radius 3 is 2.30 bits per heavy atom. The smallest absolute Gasteiger partial charge is 0.282 e. The third-order valence-corrected chi connectivity index (χ3v) is 1.05. The minimum absolute atomic E-state index is 0.00694. The molecule has 1 rings (SSSR count). The van der Waals surface area contributed by atoms with E-state index in [1.807, 2.05) is 6.20 Å². The van der Waals surface area contributed by atoms with Gasteiger partial charge in [0.25, 0.3) is 0 Å². The zero-order valence-corrected chi connectivity index (χ0v) is 5.08. The van der Waals surface area contributed by atoms with Crippen LogP contribution in [0.2, 0.25) is 0 Å². The van der Waals surface area contributed by atoms with Gasteiger partial charge in [0.15, 0.2) is 0 Å². The van der Waals surface area contributed by atoms with Crippen molar-refractivity contribution >= 4 is 0 Å². The lowest BCUT2D eigenvalue weighted by Crippen LogP contribution is -2.05. The Labute approximate surface area is 55.1 Å². The number of hydrogen-bond acceptors (Lipinski definition) is 1. The van der Waals surface area contributed by atoms with E-state index in [9.17, 15) is 13.2 Å². The zero-order chi connectivity index (χ0) is 7.78. The van der Waals surface area contributed by atoms with E-state index in [0.717, 1.165) is 0 Å². The number of nitrogens with one attached hydrogen (secondary N) is 1. The van der Waals surface area contributed by atoms with E-state index in [2.05, 4.69) is 10.2 Å².